The van der Waals surface area contributed by atoms with Gasteiger partial charge in [-0.15, -0.1) is 11.3 Å². The first-order chi connectivity index (χ1) is 7.51. The van der Waals surface area contributed by atoms with E-state index in [1.54, 1.807) is 10.4 Å². The van der Waals surface area contributed by atoms with Crippen LogP contribution in [0, 0.1) is 0 Å². The first-order valence-electron chi connectivity index (χ1n) is 4.97. The van der Waals surface area contributed by atoms with Crippen LogP contribution in [0.1, 0.15) is 19.3 Å². The smallest absolute Gasteiger partial charge is 0.206 e. The van der Waals surface area contributed by atoms with Crippen molar-refractivity contribution in [1.29, 1.82) is 0 Å². The second-order valence-electron chi connectivity index (χ2n) is 3.65. The van der Waals surface area contributed by atoms with E-state index in [2.05, 4.69) is 15.9 Å². The molecule has 3 nitrogen and oxygen atoms in total. The van der Waals surface area contributed by atoms with E-state index in [-0.39, 0.29) is 0 Å². The second kappa shape index (κ2) is 4.94. The summed E-state index contributed by atoms with van der Waals surface area (Å²) in [5.74, 6) is 0. The molecule has 0 spiro atoms. The molecular formula is C9H11BrClNO2S2. The summed E-state index contributed by atoms with van der Waals surface area (Å²) in [5, 5.41) is 0. The van der Waals surface area contributed by atoms with E-state index in [0.29, 0.717) is 26.1 Å². The van der Waals surface area contributed by atoms with Gasteiger partial charge in [0.05, 0.1) is 0 Å². The number of hydrogen-bond donors (Lipinski definition) is 0. The molecular weight excluding hydrogens is 334 g/mol. The van der Waals surface area contributed by atoms with E-state index in [0.717, 1.165) is 30.6 Å². The summed E-state index contributed by atoms with van der Waals surface area (Å²) in [5.41, 5.74) is 0. The van der Waals surface area contributed by atoms with Crippen molar-refractivity contribution in [3.63, 3.8) is 0 Å². The summed E-state index contributed by atoms with van der Waals surface area (Å²) in [6, 6.07) is 1.58. The van der Waals surface area contributed by atoms with E-state index in [1.165, 1.54) is 0 Å². The lowest BCUT2D eigenvalue weighted by Gasteiger charge is -2.24. The monoisotopic (exact) mass is 343 g/mol. The SMILES string of the molecule is O=S(=O)(c1cc(Br)c(Cl)s1)N1CCCCC1. The third kappa shape index (κ3) is 2.46. The molecule has 1 aromatic heterocycles. The summed E-state index contributed by atoms with van der Waals surface area (Å²) < 4.78 is 27.4. The lowest BCUT2D eigenvalue weighted by molar-refractivity contribution is 0.347. The molecule has 16 heavy (non-hydrogen) atoms. The lowest BCUT2D eigenvalue weighted by Crippen LogP contribution is -2.35. The van der Waals surface area contributed by atoms with Crippen molar-refractivity contribution in [1.82, 2.24) is 4.31 Å². The maximum absolute atomic E-state index is 12.2. The third-order valence-electron chi connectivity index (χ3n) is 2.53. The van der Waals surface area contributed by atoms with Gasteiger partial charge >= 0.3 is 0 Å². The van der Waals surface area contributed by atoms with Crippen LogP contribution in [0.5, 0.6) is 0 Å². The van der Waals surface area contributed by atoms with Crippen molar-refractivity contribution in [2.45, 2.75) is 23.5 Å². The Morgan fingerprint density at radius 3 is 2.44 bits per heavy atom. The highest BCUT2D eigenvalue weighted by Gasteiger charge is 2.28. The predicted molar refractivity (Wildman–Crippen MR) is 69.6 cm³/mol. The number of nitrogens with zero attached hydrogens (tertiary/aromatic N) is 1. The van der Waals surface area contributed by atoms with Gasteiger partial charge in [0, 0.05) is 17.6 Å². The lowest BCUT2D eigenvalue weighted by atomic mass is 10.2. The van der Waals surface area contributed by atoms with Crippen molar-refractivity contribution >= 4 is 48.9 Å². The summed E-state index contributed by atoms with van der Waals surface area (Å²) in [6.45, 7) is 1.24. The highest BCUT2D eigenvalue weighted by atomic mass is 79.9. The van der Waals surface area contributed by atoms with Gasteiger partial charge in [-0.1, -0.05) is 18.0 Å². The number of halogens is 2. The average molecular weight is 345 g/mol. The van der Waals surface area contributed by atoms with Gasteiger partial charge in [-0.2, -0.15) is 4.31 Å². The van der Waals surface area contributed by atoms with Gasteiger partial charge in [-0.05, 0) is 34.8 Å². The summed E-state index contributed by atoms with van der Waals surface area (Å²) >= 11 is 10.2. The van der Waals surface area contributed by atoms with Crippen molar-refractivity contribution in [3.05, 3.63) is 14.9 Å². The van der Waals surface area contributed by atoms with Gasteiger partial charge in [0.2, 0.25) is 0 Å². The Labute approximate surface area is 113 Å². The van der Waals surface area contributed by atoms with E-state index in [9.17, 15) is 8.42 Å². The number of sulfonamides is 1. The van der Waals surface area contributed by atoms with Gasteiger partial charge < -0.3 is 0 Å². The van der Waals surface area contributed by atoms with Gasteiger partial charge in [0.1, 0.15) is 8.55 Å². The molecule has 90 valence electrons. The molecule has 1 aliphatic rings. The molecule has 0 bridgehead atoms. The van der Waals surface area contributed by atoms with E-state index in [1.807, 2.05) is 0 Å². The molecule has 0 aliphatic carbocycles. The van der Waals surface area contributed by atoms with Crippen LogP contribution >= 0.6 is 38.9 Å². The minimum atomic E-state index is -3.33. The van der Waals surface area contributed by atoms with E-state index >= 15 is 0 Å². The van der Waals surface area contributed by atoms with E-state index < -0.39 is 10.0 Å². The highest BCUT2D eigenvalue weighted by Crippen LogP contribution is 2.36. The minimum Gasteiger partial charge on any atom is -0.206 e. The molecule has 0 saturated carbocycles. The molecule has 1 fully saturated rings. The van der Waals surface area contributed by atoms with Crippen LogP contribution in [0.15, 0.2) is 14.7 Å². The Morgan fingerprint density at radius 2 is 1.94 bits per heavy atom. The summed E-state index contributed by atoms with van der Waals surface area (Å²) in [4.78, 5) is 0. The first-order valence-corrected chi connectivity index (χ1v) is 8.39. The van der Waals surface area contributed by atoms with Crippen molar-refractivity contribution in [2.75, 3.05) is 13.1 Å². The number of thiophene rings is 1. The molecule has 0 aromatic carbocycles. The van der Waals surface area contributed by atoms with Gasteiger partial charge in [-0.3, -0.25) is 0 Å². The zero-order chi connectivity index (χ0) is 11.8. The largest absolute Gasteiger partial charge is 0.252 e. The highest BCUT2D eigenvalue weighted by molar-refractivity contribution is 9.10. The standard InChI is InChI=1S/C9H11BrClNO2S2/c10-7-6-8(15-9(7)11)16(13,14)12-4-2-1-3-5-12/h6H,1-5H2. The fourth-order valence-corrected chi connectivity index (χ4v) is 5.66. The number of piperidine rings is 1. The Morgan fingerprint density at radius 1 is 1.31 bits per heavy atom. The number of hydrogen-bond acceptors (Lipinski definition) is 3. The minimum absolute atomic E-state index is 0.325. The number of rotatable bonds is 2. The van der Waals surface area contributed by atoms with Crippen molar-refractivity contribution in [2.24, 2.45) is 0 Å². The van der Waals surface area contributed by atoms with E-state index in [4.69, 9.17) is 11.6 Å². The van der Waals surface area contributed by atoms with Crippen LogP contribution in [0.25, 0.3) is 0 Å². The fourth-order valence-electron chi connectivity index (χ4n) is 1.69. The van der Waals surface area contributed by atoms with Gasteiger partial charge in [0.15, 0.2) is 0 Å². The van der Waals surface area contributed by atoms with Crippen LogP contribution in [0.3, 0.4) is 0 Å². The molecule has 0 unspecified atom stereocenters. The third-order valence-corrected chi connectivity index (χ3v) is 7.35. The molecule has 2 heterocycles. The summed E-state index contributed by atoms with van der Waals surface area (Å²) in [6.07, 6.45) is 3.00. The Balaban J connectivity index is 2.30. The first kappa shape index (κ1) is 12.8. The zero-order valence-corrected chi connectivity index (χ0v) is 12.4. The average Bonchev–Trinajstić information content (AvgIpc) is 2.61. The van der Waals surface area contributed by atoms with Crippen LogP contribution in [0.2, 0.25) is 4.34 Å². The Hall–Kier alpha value is 0.380. The second-order valence-corrected chi connectivity index (χ2v) is 8.33. The maximum atomic E-state index is 12.2. The normalized spacial score (nSPS) is 18.9. The Kier molecular flexibility index (Phi) is 3.96. The molecule has 1 aromatic rings. The molecule has 1 saturated heterocycles. The molecule has 0 radical (unpaired) electrons. The summed E-state index contributed by atoms with van der Waals surface area (Å²) in [7, 11) is -3.33. The van der Waals surface area contributed by atoms with Crippen LogP contribution in [-0.2, 0) is 10.0 Å². The quantitative estimate of drug-likeness (QED) is 0.825. The molecule has 1 aliphatic heterocycles. The molecule has 0 N–H and O–H groups in total. The fraction of sp³-hybridized carbons (Fsp3) is 0.556. The van der Waals surface area contributed by atoms with Crippen LogP contribution < -0.4 is 0 Å². The maximum Gasteiger partial charge on any atom is 0.252 e. The van der Waals surface area contributed by atoms with Crippen LogP contribution in [-0.4, -0.2) is 25.8 Å². The molecule has 0 amide bonds. The zero-order valence-electron chi connectivity index (χ0n) is 8.45. The molecule has 7 heteroatoms. The van der Waals surface area contributed by atoms with Gasteiger partial charge in [-0.25, -0.2) is 8.42 Å². The molecule has 2 rings (SSSR count). The van der Waals surface area contributed by atoms with Crippen molar-refractivity contribution in [3.8, 4) is 0 Å². The topological polar surface area (TPSA) is 37.4 Å². The molecule has 0 atom stereocenters. The van der Waals surface area contributed by atoms with Crippen LogP contribution in [0.4, 0.5) is 0 Å². The van der Waals surface area contributed by atoms with Gasteiger partial charge in [0.25, 0.3) is 10.0 Å². The van der Waals surface area contributed by atoms with Crippen molar-refractivity contribution < 1.29 is 8.42 Å². The Bertz CT molecular complexity index is 460. The predicted octanol–water partition coefficient (Wildman–Crippen LogP) is 3.34.